The summed E-state index contributed by atoms with van der Waals surface area (Å²) in [6.07, 6.45) is -0.174. The van der Waals surface area contributed by atoms with Crippen LogP contribution in [-0.4, -0.2) is 19.1 Å². The van der Waals surface area contributed by atoms with Crippen LogP contribution >= 0.6 is 0 Å². The average molecular weight is 303 g/mol. The van der Waals surface area contributed by atoms with Gasteiger partial charge in [0.25, 0.3) is 5.91 Å². The lowest BCUT2D eigenvalue weighted by atomic mass is 10.2. The van der Waals surface area contributed by atoms with E-state index in [1.54, 1.807) is 19.2 Å². The van der Waals surface area contributed by atoms with Gasteiger partial charge in [-0.1, -0.05) is 19.1 Å². The van der Waals surface area contributed by atoms with Crippen LogP contribution in [0.2, 0.25) is 0 Å². The van der Waals surface area contributed by atoms with Gasteiger partial charge in [0, 0.05) is 5.69 Å². The lowest BCUT2D eigenvalue weighted by molar-refractivity contribution is -0.122. The maximum Gasteiger partial charge on any atom is 0.265 e. The standard InChI is InChI=1S/C17H18FNO3/c1-3-14(22-16-7-5-4-6-15(16)21-2)17(20)19-13-10-8-12(18)9-11-13/h4-11,14H,3H2,1-2H3,(H,19,20). The molecule has 1 atom stereocenters. The number of methoxy groups -OCH3 is 1. The van der Waals surface area contributed by atoms with Gasteiger partial charge in [0.05, 0.1) is 7.11 Å². The number of para-hydroxylation sites is 2. The summed E-state index contributed by atoms with van der Waals surface area (Å²) in [4.78, 5) is 12.3. The molecule has 0 spiro atoms. The quantitative estimate of drug-likeness (QED) is 0.886. The predicted octanol–water partition coefficient (Wildman–Crippen LogP) is 3.63. The van der Waals surface area contributed by atoms with Crippen molar-refractivity contribution in [1.82, 2.24) is 0 Å². The van der Waals surface area contributed by atoms with Crippen molar-refractivity contribution >= 4 is 11.6 Å². The molecule has 4 nitrogen and oxygen atoms in total. The van der Waals surface area contributed by atoms with Gasteiger partial charge in [0.1, 0.15) is 5.82 Å². The molecule has 0 aliphatic heterocycles. The van der Waals surface area contributed by atoms with Crippen LogP contribution in [0.15, 0.2) is 48.5 Å². The maximum absolute atomic E-state index is 12.9. The number of rotatable bonds is 6. The Kier molecular flexibility index (Phi) is 5.36. The zero-order valence-corrected chi connectivity index (χ0v) is 12.5. The van der Waals surface area contributed by atoms with Gasteiger partial charge in [-0.15, -0.1) is 0 Å². The normalized spacial score (nSPS) is 11.6. The molecule has 0 radical (unpaired) electrons. The Morgan fingerprint density at radius 1 is 1.14 bits per heavy atom. The van der Waals surface area contributed by atoms with Crippen LogP contribution in [-0.2, 0) is 4.79 Å². The van der Waals surface area contributed by atoms with Crippen LogP contribution in [0.3, 0.4) is 0 Å². The zero-order chi connectivity index (χ0) is 15.9. The molecule has 1 amide bonds. The van der Waals surface area contributed by atoms with Crippen molar-refractivity contribution in [2.45, 2.75) is 19.4 Å². The lowest BCUT2D eigenvalue weighted by Crippen LogP contribution is -2.32. The molecule has 1 unspecified atom stereocenters. The van der Waals surface area contributed by atoms with Crippen molar-refractivity contribution in [2.24, 2.45) is 0 Å². The first-order chi connectivity index (χ1) is 10.6. The van der Waals surface area contributed by atoms with Gasteiger partial charge in [0.15, 0.2) is 17.6 Å². The molecule has 0 aliphatic carbocycles. The Morgan fingerprint density at radius 3 is 2.36 bits per heavy atom. The van der Waals surface area contributed by atoms with Gasteiger partial charge in [-0.05, 0) is 42.8 Å². The number of anilines is 1. The van der Waals surface area contributed by atoms with Crippen LogP contribution in [0, 0.1) is 5.82 Å². The van der Waals surface area contributed by atoms with E-state index in [4.69, 9.17) is 9.47 Å². The second kappa shape index (κ2) is 7.45. The third-order valence-electron chi connectivity index (χ3n) is 3.11. The highest BCUT2D eigenvalue weighted by molar-refractivity contribution is 5.94. The highest BCUT2D eigenvalue weighted by Gasteiger charge is 2.20. The summed E-state index contributed by atoms with van der Waals surface area (Å²) in [5.74, 6) is 0.428. The molecule has 0 heterocycles. The SMILES string of the molecule is CCC(Oc1ccccc1OC)C(=O)Nc1ccc(F)cc1. The van der Waals surface area contributed by atoms with Crippen molar-refractivity contribution in [3.63, 3.8) is 0 Å². The number of amides is 1. The summed E-state index contributed by atoms with van der Waals surface area (Å²) in [7, 11) is 1.54. The zero-order valence-electron chi connectivity index (χ0n) is 12.5. The second-order valence-electron chi connectivity index (χ2n) is 4.66. The van der Waals surface area contributed by atoms with Gasteiger partial charge in [0.2, 0.25) is 0 Å². The minimum absolute atomic E-state index is 0.292. The van der Waals surface area contributed by atoms with Crippen LogP contribution in [0.25, 0.3) is 0 Å². The first-order valence-corrected chi connectivity index (χ1v) is 7.00. The van der Waals surface area contributed by atoms with Crippen molar-refractivity contribution < 1.29 is 18.7 Å². The number of nitrogens with one attached hydrogen (secondary N) is 1. The Hall–Kier alpha value is -2.56. The van der Waals surface area contributed by atoms with E-state index in [9.17, 15) is 9.18 Å². The van der Waals surface area contributed by atoms with E-state index >= 15 is 0 Å². The average Bonchev–Trinajstić information content (AvgIpc) is 2.55. The van der Waals surface area contributed by atoms with E-state index in [0.29, 0.717) is 23.6 Å². The molecule has 0 bridgehead atoms. The number of benzene rings is 2. The van der Waals surface area contributed by atoms with Crippen LogP contribution in [0.1, 0.15) is 13.3 Å². The predicted molar refractivity (Wildman–Crippen MR) is 82.7 cm³/mol. The molecule has 1 N–H and O–H groups in total. The summed E-state index contributed by atoms with van der Waals surface area (Å²) in [6.45, 7) is 1.85. The Balaban J connectivity index is 2.07. The largest absolute Gasteiger partial charge is 0.493 e. The van der Waals surface area contributed by atoms with Crippen LogP contribution in [0.4, 0.5) is 10.1 Å². The Bertz CT molecular complexity index is 628. The molecule has 116 valence electrons. The van der Waals surface area contributed by atoms with Gasteiger partial charge >= 0.3 is 0 Å². The van der Waals surface area contributed by atoms with E-state index in [1.165, 1.54) is 24.3 Å². The van der Waals surface area contributed by atoms with Gasteiger partial charge in [-0.2, -0.15) is 0 Å². The molecule has 0 aromatic heterocycles. The van der Waals surface area contributed by atoms with E-state index in [-0.39, 0.29) is 11.7 Å². The topological polar surface area (TPSA) is 47.6 Å². The summed E-state index contributed by atoms with van der Waals surface area (Å²) in [5, 5.41) is 2.71. The summed E-state index contributed by atoms with van der Waals surface area (Å²) < 4.78 is 23.8. The monoisotopic (exact) mass is 303 g/mol. The third kappa shape index (κ3) is 3.97. The van der Waals surface area contributed by atoms with E-state index in [0.717, 1.165) is 0 Å². The number of halogens is 1. The lowest BCUT2D eigenvalue weighted by Gasteiger charge is -2.18. The fraction of sp³-hybridized carbons (Fsp3) is 0.235. The first kappa shape index (κ1) is 15.8. The fourth-order valence-electron chi connectivity index (χ4n) is 1.95. The molecule has 2 rings (SSSR count). The molecule has 0 saturated heterocycles. The molecular weight excluding hydrogens is 285 g/mol. The number of carbonyl (C=O) groups is 1. The van der Waals surface area contributed by atoms with Crippen molar-refractivity contribution in [2.75, 3.05) is 12.4 Å². The smallest absolute Gasteiger partial charge is 0.265 e. The van der Waals surface area contributed by atoms with Crippen LogP contribution < -0.4 is 14.8 Å². The number of ether oxygens (including phenoxy) is 2. The first-order valence-electron chi connectivity index (χ1n) is 7.00. The molecule has 2 aromatic carbocycles. The molecular formula is C17H18FNO3. The summed E-state index contributed by atoms with van der Waals surface area (Å²) >= 11 is 0. The summed E-state index contributed by atoms with van der Waals surface area (Å²) in [6, 6.07) is 12.7. The van der Waals surface area contributed by atoms with Gasteiger partial charge in [-0.3, -0.25) is 4.79 Å². The van der Waals surface area contributed by atoms with E-state index < -0.39 is 6.10 Å². The highest BCUT2D eigenvalue weighted by Crippen LogP contribution is 2.27. The maximum atomic E-state index is 12.9. The minimum Gasteiger partial charge on any atom is -0.493 e. The number of hydrogen-bond donors (Lipinski definition) is 1. The Labute approximate surface area is 128 Å². The second-order valence-corrected chi connectivity index (χ2v) is 4.66. The van der Waals surface area contributed by atoms with E-state index in [2.05, 4.69) is 5.32 Å². The summed E-state index contributed by atoms with van der Waals surface area (Å²) in [5.41, 5.74) is 0.522. The minimum atomic E-state index is -0.665. The van der Waals surface area contributed by atoms with Crippen molar-refractivity contribution in [3.05, 3.63) is 54.3 Å². The Morgan fingerprint density at radius 2 is 1.77 bits per heavy atom. The van der Waals surface area contributed by atoms with Crippen molar-refractivity contribution in [1.29, 1.82) is 0 Å². The van der Waals surface area contributed by atoms with Crippen molar-refractivity contribution in [3.8, 4) is 11.5 Å². The third-order valence-corrected chi connectivity index (χ3v) is 3.11. The molecule has 2 aromatic rings. The number of hydrogen-bond acceptors (Lipinski definition) is 3. The van der Waals surface area contributed by atoms with Gasteiger partial charge < -0.3 is 14.8 Å². The van der Waals surface area contributed by atoms with E-state index in [1.807, 2.05) is 19.1 Å². The molecule has 22 heavy (non-hydrogen) atoms. The molecule has 0 saturated carbocycles. The molecule has 0 fully saturated rings. The molecule has 5 heteroatoms. The van der Waals surface area contributed by atoms with Crippen LogP contribution in [0.5, 0.6) is 11.5 Å². The highest BCUT2D eigenvalue weighted by atomic mass is 19.1. The number of carbonyl (C=O) groups excluding carboxylic acids is 1. The molecule has 0 aliphatic rings. The van der Waals surface area contributed by atoms with Gasteiger partial charge in [-0.25, -0.2) is 4.39 Å². The fourth-order valence-corrected chi connectivity index (χ4v) is 1.95.